The van der Waals surface area contributed by atoms with E-state index in [1.807, 2.05) is 6.92 Å². The molecule has 16 heavy (non-hydrogen) atoms. The van der Waals surface area contributed by atoms with E-state index >= 15 is 0 Å². The number of nitrogens with two attached hydrogens (primary N) is 1. The summed E-state index contributed by atoms with van der Waals surface area (Å²) in [7, 11) is 0. The highest BCUT2D eigenvalue weighted by Crippen LogP contribution is 2.26. The maximum absolute atomic E-state index is 12.7. The first-order valence-electron chi connectivity index (χ1n) is 4.74. The Morgan fingerprint density at radius 1 is 1.31 bits per heavy atom. The zero-order chi connectivity index (χ0) is 11.7. The molecule has 0 unspecified atom stereocenters. The average molecular weight is 235 g/mol. The standard InChI is InChI=1S/C12H10FNOS/c1-7-6-10(14)12(16-7)11(15)8-2-4-9(13)5-3-8/h2-6H,14H2,1H3. The topological polar surface area (TPSA) is 43.1 Å². The fourth-order valence-electron chi connectivity index (χ4n) is 1.44. The Hall–Kier alpha value is -1.68. The number of hydrogen-bond donors (Lipinski definition) is 1. The maximum atomic E-state index is 12.7. The van der Waals surface area contributed by atoms with Gasteiger partial charge in [-0.3, -0.25) is 4.79 Å². The highest BCUT2D eigenvalue weighted by atomic mass is 32.1. The minimum absolute atomic E-state index is 0.157. The van der Waals surface area contributed by atoms with Crippen LogP contribution in [0.2, 0.25) is 0 Å². The molecule has 1 heterocycles. The average Bonchev–Trinajstić information content (AvgIpc) is 2.58. The predicted molar refractivity (Wildman–Crippen MR) is 63.3 cm³/mol. The zero-order valence-corrected chi connectivity index (χ0v) is 9.48. The molecule has 0 spiro atoms. The number of benzene rings is 1. The lowest BCUT2D eigenvalue weighted by atomic mass is 10.1. The molecule has 0 atom stereocenters. The summed E-state index contributed by atoms with van der Waals surface area (Å²) >= 11 is 1.35. The van der Waals surface area contributed by atoms with Crippen molar-refractivity contribution in [1.82, 2.24) is 0 Å². The molecule has 2 aromatic rings. The summed E-state index contributed by atoms with van der Waals surface area (Å²) in [6.45, 7) is 1.89. The van der Waals surface area contributed by atoms with Crippen molar-refractivity contribution in [2.24, 2.45) is 0 Å². The number of nitrogen functional groups attached to an aromatic ring is 1. The van der Waals surface area contributed by atoms with Crippen molar-refractivity contribution in [3.05, 3.63) is 51.5 Å². The molecule has 0 bridgehead atoms. The number of hydrogen-bond acceptors (Lipinski definition) is 3. The lowest BCUT2D eigenvalue weighted by Crippen LogP contribution is -2.01. The summed E-state index contributed by atoms with van der Waals surface area (Å²) in [5.41, 5.74) is 6.66. The van der Waals surface area contributed by atoms with E-state index < -0.39 is 0 Å². The summed E-state index contributed by atoms with van der Waals surface area (Å²) in [5.74, 6) is -0.512. The van der Waals surface area contributed by atoms with Gasteiger partial charge >= 0.3 is 0 Å². The van der Waals surface area contributed by atoms with Gasteiger partial charge in [0, 0.05) is 10.4 Å². The molecule has 4 heteroatoms. The quantitative estimate of drug-likeness (QED) is 0.813. The van der Waals surface area contributed by atoms with Crippen molar-refractivity contribution in [1.29, 1.82) is 0 Å². The fraction of sp³-hybridized carbons (Fsp3) is 0.0833. The third kappa shape index (κ3) is 1.97. The van der Waals surface area contributed by atoms with Gasteiger partial charge in [0.15, 0.2) is 0 Å². The number of aryl methyl sites for hydroxylation is 1. The van der Waals surface area contributed by atoms with E-state index in [1.165, 1.54) is 35.6 Å². The summed E-state index contributed by atoms with van der Waals surface area (Å²) in [5, 5.41) is 0. The minimum Gasteiger partial charge on any atom is -0.397 e. The van der Waals surface area contributed by atoms with Crippen molar-refractivity contribution in [3.63, 3.8) is 0 Å². The van der Waals surface area contributed by atoms with Crippen LogP contribution in [0.5, 0.6) is 0 Å². The molecule has 0 saturated carbocycles. The predicted octanol–water partition coefficient (Wildman–Crippen LogP) is 3.01. The SMILES string of the molecule is Cc1cc(N)c(C(=O)c2ccc(F)cc2)s1. The van der Waals surface area contributed by atoms with E-state index in [9.17, 15) is 9.18 Å². The Bertz CT molecular complexity index is 530. The van der Waals surface area contributed by atoms with Gasteiger partial charge in [-0.2, -0.15) is 0 Å². The van der Waals surface area contributed by atoms with Crippen molar-refractivity contribution in [3.8, 4) is 0 Å². The highest BCUT2D eigenvalue weighted by molar-refractivity contribution is 7.14. The Kier molecular flexibility index (Phi) is 2.75. The Morgan fingerprint density at radius 3 is 2.44 bits per heavy atom. The largest absolute Gasteiger partial charge is 0.397 e. The zero-order valence-electron chi connectivity index (χ0n) is 8.66. The van der Waals surface area contributed by atoms with E-state index in [0.717, 1.165) is 4.88 Å². The number of ketones is 1. The van der Waals surface area contributed by atoms with E-state index in [-0.39, 0.29) is 11.6 Å². The lowest BCUT2D eigenvalue weighted by Gasteiger charge is -1.99. The maximum Gasteiger partial charge on any atom is 0.205 e. The molecular weight excluding hydrogens is 225 g/mol. The first-order chi connectivity index (χ1) is 7.58. The van der Waals surface area contributed by atoms with Gasteiger partial charge in [-0.25, -0.2) is 4.39 Å². The van der Waals surface area contributed by atoms with Crippen LogP contribution in [0.4, 0.5) is 10.1 Å². The number of anilines is 1. The molecule has 0 aliphatic rings. The van der Waals surface area contributed by atoms with E-state index in [4.69, 9.17) is 5.73 Å². The van der Waals surface area contributed by atoms with E-state index in [1.54, 1.807) is 6.07 Å². The smallest absolute Gasteiger partial charge is 0.205 e. The number of carbonyl (C=O) groups excluding carboxylic acids is 1. The number of thiophene rings is 1. The van der Waals surface area contributed by atoms with Crippen molar-refractivity contribution >= 4 is 22.8 Å². The lowest BCUT2D eigenvalue weighted by molar-refractivity contribution is 0.104. The second-order valence-corrected chi connectivity index (χ2v) is 4.73. The highest BCUT2D eigenvalue weighted by Gasteiger charge is 2.14. The number of carbonyl (C=O) groups is 1. The Balaban J connectivity index is 2.39. The molecule has 2 N–H and O–H groups in total. The van der Waals surface area contributed by atoms with Gasteiger partial charge in [0.05, 0.1) is 10.6 Å². The molecular formula is C12H10FNOS. The van der Waals surface area contributed by atoms with Crippen LogP contribution < -0.4 is 5.73 Å². The molecule has 0 saturated heterocycles. The molecule has 82 valence electrons. The van der Waals surface area contributed by atoms with Gasteiger partial charge in [-0.15, -0.1) is 11.3 Å². The van der Waals surface area contributed by atoms with Gasteiger partial charge in [-0.05, 0) is 37.3 Å². The third-order valence-corrected chi connectivity index (χ3v) is 3.26. The summed E-state index contributed by atoms with van der Waals surface area (Å²) < 4.78 is 12.7. The van der Waals surface area contributed by atoms with E-state index in [0.29, 0.717) is 16.1 Å². The molecule has 2 rings (SSSR count). The van der Waals surface area contributed by atoms with Crippen LogP contribution in [0.25, 0.3) is 0 Å². The summed E-state index contributed by atoms with van der Waals surface area (Å²) in [4.78, 5) is 13.5. The summed E-state index contributed by atoms with van der Waals surface area (Å²) in [6, 6.07) is 7.23. The Labute approximate surface area is 96.5 Å². The monoisotopic (exact) mass is 235 g/mol. The van der Waals surface area contributed by atoms with Crippen LogP contribution in [0.3, 0.4) is 0 Å². The minimum atomic E-state index is -0.355. The first-order valence-corrected chi connectivity index (χ1v) is 5.56. The van der Waals surface area contributed by atoms with Gasteiger partial charge in [-0.1, -0.05) is 0 Å². The van der Waals surface area contributed by atoms with Crippen LogP contribution in [0.1, 0.15) is 20.1 Å². The van der Waals surface area contributed by atoms with Gasteiger partial charge in [0.1, 0.15) is 5.82 Å². The number of halogens is 1. The van der Waals surface area contributed by atoms with Crippen LogP contribution >= 0.6 is 11.3 Å². The number of rotatable bonds is 2. The van der Waals surface area contributed by atoms with Gasteiger partial charge in [0.25, 0.3) is 0 Å². The Morgan fingerprint density at radius 2 is 1.94 bits per heavy atom. The van der Waals surface area contributed by atoms with Gasteiger partial charge < -0.3 is 5.73 Å². The molecule has 0 amide bonds. The normalized spacial score (nSPS) is 10.4. The van der Waals surface area contributed by atoms with Crippen molar-refractivity contribution in [2.45, 2.75) is 6.92 Å². The fourth-order valence-corrected chi connectivity index (χ4v) is 2.34. The van der Waals surface area contributed by atoms with Crippen molar-refractivity contribution < 1.29 is 9.18 Å². The molecule has 0 radical (unpaired) electrons. The molecule has 1 aromatic heterocycles. The van der Waals surface area contributed by atoms with Gasteiger partial charge in [0.2, 0.25) is 5.78 Å². The van der Waals surface area contributed by atoms with Crippen molar-refractivity contribution in [2.75, 3.05) is 5.73 Å². The molecule has 0 fully saturated rings. The molecule has 0 aliphatic carbocycles. The third-order valence-electron chi connectivity index (χ3n) is 2.20. The molecule has 2 nitrogen and oxygen atoms in total. The second kappa shape index (κ2) is 4.06. The first kappa shape index (κ1) is 10.8. The van der Waals surface area contributed by atoms with Crippen LogP contribution in [0.15, 0.2) is 30.3 Å². The summed E-state index contributed by atoms with van der Waals surface area (Å²) in [6.07, 6.45) is 0. The van der Waals surface area contributed by atoms with Crippen LogP contribution in [0, 0.1) is 12.7 Å². The van der Waals surface area contributed by atoms with Crippen LogP contribution in [-0.2, 0) is 0 Å². The van der Waals surface area contributed by atoms with Crippen LogP contribution in [-0.4, -0.2) is 5.78 Å². The van der Waals surface area contributed by atoms with E-state index in [2.05, 4.69) is 0 Å². The molecule has 1 aromatic carbocycles. The molecule has 0 aliphatic heterocycles. The second-order valence-electron chi connectivity index (χ2n) is 3.48.